The standard InChI is InChI=1S/C9H17NO4/c1-13-8(11)5-3-7(10)4-6-9(12)14-2/h7H,3-6,10H2,1-2H3. The molecule has 2 N–H and O–H groups in total. The van der Waals surface area contributed by atoms with E-state index >= 15 is 0 Å². The van der Waals surface area contributed by atoms with Crippen molar-refractivity contribution in [1.29, 1.82) is 0 Å². The minimum Gasteiger partial charge on any atom is -0.469 e. The molecule has 14 heavy (non-hydrogen) atoms. The quantitative estimate of drug-likeness (QED) is 0.625. The van der Waals surface area contributed by atoms with Crippen molar-refractivity contribution < 1.29 is 19.1 Å². The van der Waals surface area contributed by atoms with Gasteiger partial charge in [0, 0.05) is 18.9 Å². The van der Waals surface area contributed by atoms with Crippen LogP contribution >= 0.6 is 0 Å². The molecule has 0 saturated heterocycles. The zero-order chi connectivity index (χ0) is 11.0. The molecule has 0 radical (unpaired) electrons. The highest BCUT2D eigenvalue weighted by molar-refractivity contribution is 5.69. The third kappa shape index (κ3) is 6.42. The van der Waals surface area contributed by atoms with Gasteiger partial charge in [0.05, 0.1) is 14.2 Å². The molecule has 0 saturated carbocycles. The SMILES string of the molecule is COC(=O)CCC(N)CCC(=O)OC. The Bertz CT molecular complexity index is 173. The van der Waals surface area contributed by atoms with Crippen molar-refractivity contribution in [3.05, 3.63) is 0 Å². The first-order valence-corrected chi connectivity index (χ1v) is 4.49. The van der Waals surface area contributed by atoms with Gasteiger partial charge in [0.2, 0.25) is 0 Å². The summed E-state index contributed by atoms with van der Waals surface area (Å²) in [6, 6.07) is -0.159. The van der Waals surface area contributed by atoms with E-state index in [0.717, 1.165) is 0 Å². The van der Waals surface area contributed by atoms with Gasteiger partial charge in [0.25, 0.3) is 0 Å². The summed E-state index contributed by atoms with van der Waals surface area (Å²) in [6.45, 7) is 0. The lowest BCUT2D eigenvalue weighted by molar-refractivity contribution is -0.141. The van der Waals surface area contributed by atoms with Gasteiger partial charge in [-0.25, -0.2) is 0 Å². The molecule has 0 unspecified atom stereocenters. The summed E-state index contributed by atoms with van der Waals surface area (Å²) in [7, 11) is 2.67. The first-order chi connectivity index (χ1) is 6.60. The third-order valence-electron chi connectivity index (χ3n) is 1.89. The van der Waals surface area contributed by atoms with Gasteiger partial charge in [-0.1, -0.05) is 0 Å². The van der Waals surface area contributed by atoms with Crippen LogP contribution in [0.15, 0.2) is 0 Å². The van der Waals surface area contributed by atoms with Gasteiger partial charge < -0.3 is 15.2 Å². The average molecular weight is 203 g/mol. The summed E-state index contributed by atoms with van der Waals surface area (Å²) in [6.07, 6.45) is 1.64. The zero-order valence-corrected chi connectivity index (χ0v) is 8.62. The molecule has 0 spiro atoms. The average Bonchev–Trinajstić information content (AvgIpc) is 2.22. The van der Waals surface area contributed by atoms with Crippen LogP contribution in [0.1, 0.15) is 25.7 Å². The zero-order valence-electron chi connectivity index (χ0n) is 8.62. The molecule has 0 aliphatic rings. The number of carbonyl (C=O) groups is 2. The van der Waals surface area contributed by atoms with E-state index in [1.807, 2.05) is 0 Å². The molecule has 0 aromatic carbocycles. The van der Waals surface area contributed by atoms with Crippen molar-refractivity contribution in [3.63, 3.8) is 0 Å². The van der Waals surface area contributed by atoms with Crippen LogP contribution in [0.5, 0.6) is 0 Å². The Morgan fingerprint density at radius 1 is 1.07 bits per heavy atom. The Balaban J connectivity index is 3.50. The van der Waals surface area contributed by atoms with Crippen molar-refractivity contribution in [3.8, 4) is 0 Å². The molecule has 0 fully saturated rings. The largest absolute Gasteiger partial charge is 0.469 e. The summed E-state index contributed by atoms with van der Waals surface area (Å²) in [5.74, 6) is -0.558. The van der Waals surface area contributed by atoms with Gasteiger partial charge in [0.1, 0.15) is 0 Å². The molecule has 0 aromatic heterocycles. The maximum absolute atomic E-state index is 10.7. The van der Waals surface area contributed by atoms with Crippen LogP contribution in [-0.2, 0) is 19.1 Å². The molecule has 0 rings (SSSR count). The predicted molar refractivity (Wildman–Crippen MR) is 50.5 cm³/mol. The summed E-state index contributed by atoms with van der Waals surface area (Å²) in [4.78, 5) is 21.5. The molecule has 0 aliphatic carbocycles. The van der Waals surface area contributed by atoms with E-state index in [4.69, 9.17) is 5.73 Å². The number of hydrogen-bond acceptors (Lipinski definition) is 5. The minimum atomic E-state index is -0.279. The van der Waals surface area contributed by atoms with Crippen LogP contribution in [0, 0.1) is 0 Å². The molecule has 5 heteroatoms. The molecule has 0 heterocycles. The Hall–Kier alpha value is -1.10. The number of esters is 2. The molecular formula is C9H17NO4. The molecule has 0 aliphatic heterocycles. The van der Waals surface area contributed by atoms with Gasteiger partial charge in [-0.05, 0) is 12.8 Å². The predicted octanol–water partition coefficient (Wildman–Crippen LogP) is 0.220. The van der Waals surface area contributed by atoms with E-state index in [1.54, 1.807) is 0 Å². The second kappa shape index (κ2) is 7.32. The van der Waals surface area contributed by atoms with Crippen molar-refractivity contribution in [2.75, 3.05) is 14.2 Å². The van der Waals surface area contributed by atoms with Crippen LogP contribution in [0.4, 0.5) is 0 Å². The number of hydrogen-bond donors (Lipinski definition) is 1. The highest BCUT2D eigenvalue weighted by Gasteiger charge is 2.09. The van der Waals surface area contributed by atoms with Crippen LogP contribution in [0.2, 0.25) is 0 Å². The molecule has 82 valence electrons. The van der Waals surface area contributed by atoms with Crippen molar-refractivity contribution in [2.45, 2.75) is 31.7 Å². The lowest BCUT2D eigenvalue weighted by Crippen LogP contribution is -2.22. The first-order valence-electron chi connectivity index (χ1n) is 4.49. The molecule has 0 atom stereocenters. The topological polar surface area (TPSA) is 78.6 Å². The van der Waals surface area contributed by atoms with Crippen LogP contribution in [-0.4, -0.2) is 32.2 Å². The fourth-order valence-electron chi connectivity index (χ4n) is 0.955. The number of carbonyl (C=O) groups excluding carboxylic acids is 2. The summed E-state index contributed by atoms with van der Waals surface area (Å²) in [5, 5.41) is 0. The van der Waals surface area contributed by atoms with Gasteiger partial charge in [-0.2, -0.15) is 0 Å². The Labute approximate surface area is 83.5 Å². The highest BCUT2D eigenvalue weighted by atomic mass is 16.5. The lowest BCUT2D eigenvalue weighted by atomic mass is 10.1. The van der Waals surface area contributed by atoms with Gasteiger partial charge in [0.15, 0.2) is 0 Å². The van der Waals surface area contributed by atoms with E-state index < -0.39 is 0 Å². The van der Waals surface area contributed by atoms with E-state index in [1.165, 1.54) is 14.2 Å². The maximum Gasteiger partial charge on any atom is 0.305 e. The minimum absolute atomic E-state index is 0.159. The Morgan fingerprint density at radius 2 is 1.43 bits per heavy atom. The maximum atomic E-state index is 10.7. The van der Waals surface area contributed by atoms with Gasteiger partial charge in [-0.15, -0.1) is 0 Å². The van der Waals surface area contributed by atoms with Crippen molar-refractivity contribution in [1.82, 2.24) is 0 Å². The van der Waals surface area contributed by atoms with E-state index in [-0.39, 0.29) is 18.0 Å². The van der Waals surface area contributed by atoms with Gasteiger partial charge >= 0.3 is 11.9 Å². The third-order valence-corrected chi connectivity index (χ3v) is 1.89. The molecule has 0 aromatic rings. The van der Waals surface area contributed by atoms with E-state index in [0.29, 0.717) is 25.7 Å². The Kier molecular flexibility index (Phi) is 6.74. The second-order valence-corrected chi connectivity index (χ2v) is 2.99. The highest BCUT2D eigenvalue weighted by Crippen LogP contribution is 2.03. The molecule has 5 nitrogen and oxygen atoms in total. The first kappa shape index (κ1) is 12.9. The summed E-state index contributed by atoms with van der Waals surface area (Å²) >= 11 is 0. The normalized spacial score (nSPS) is 10.0. The monoisotopic (exact) mass is 203 g/mol. The molecular weight excluding hydrogens is 186 g/mol. The molecule has 0 amide bonds. The number of methoxy groups -OCH3 is 2. The molecule has 0 bridgehead atoms. The van der Waals surface area contributed by atoms with Crippen molar-refractivity contribution in [2.24, 2.45) is 5.73 Å². The van der Waals surface area contributed by atoms with Crippen LogP contribution < -0.4 is 5.73 Å². The summed E-state index contributed by atoms with van der Waals surface area (Å²) < 4.78 is 8.92. The fourth-order valence-corrected chi connectivity index (χ4v) is 0.955. The van der Waals surface area contributed by atoms with Crippen LogP contribution in [0.3, 0.4) is 0 Å². The van der Waals surface area contributed by atoms with Gasteiger partial charge in [-0.3, -0.25) is 9.59 Å². The Morgan fingerprint density at radius 3 is 1.71 bits per heavy atom. The van der Waals surface area contributed by atoms with E-state index in [9.17, 15) is 9.59 Å². The number of rotatable bonds is 6. The second-order valence-electron chi connectivity index (χ2n) is 2.99. The number of nitrogens with two attached hydrogens (primary N) is 1. The van der Waals surface area contributed by atoms with E-state index in [2.05, 4.69) is 9.47 Å². The fraction of sp³-hybridized carbons (Fsp3) is 0.778. The summed E-state index contributed by atoms with van der Waals surface area (Å²) in [5.41, 5.74) is 5.66. The van der Waals surface area contributed by atoms with Crippen molar-refractivity contribution >= 4 is 11.9 Å². The number of ether oxygens (including phenoxy) is 2. The van der Waals surface area contributed by atoms with Crippen LogP contribution in [0.25, 0.3) is 0 Å². The lowest BCUT2D eigenvalue weighted by Gasteiger charge is -2.09. The smallest absolute Gasteiger partial charge is 0.305 e.